The lowest BCUT2D eigenvalue weighted by Crippen LogP contribution is -2.47. The Morgan fingerprint density at radius 3 is 2.44 bits per heavy atom. The predicted octanol–water partition coefficient (Wildman–Crippen LogP) is 5.10. The summed E-state index contributed by atoms with van der Waals surface area (Å²) in [5, 5.41) is 12.8. The van der Waals surface area contributed by atoms with Crippen molar-refractivity contribution in [1.82, 2.24) is 4.90 Å². The molecule has 0 aliphatic heterocycles. The monoisotopic (exact) mass is 409 g/mol. The molecular formula is C22H29Cl2NO2. The lowest BCUT2D eigenvalue weighted by molar-refractivity contribution is -0.0803. The van der Waals surface area contributed by atoms with Crippen LogP contribution < -0.4 is 4.74 Å². The second kappa shape index (κ2) is 9.29. The van der Waals surface area contributed by atoms with Crippen molar-refractivity contribution in [2.45, 2.75) is 30.8 Å². The number of aliphatic hydroxyl groups is 1. The van der Waals surface area contributed by atoms with E-state index in [-0.39, 0.29) is 24.2 Å². The number of nitrogens with zero attached hydrogens (tertiary/aromatic N) is 1. The van der Waals surface area contributed by atoms with Crippen molar-refractivity contribution in [2.24, 2.45) is 5.92 Å². The van der Waals surface area contributed by atoms with Crippen molar-refractivity contribution < 1.29 is 9.84 Å². The van der Waals surface area contributed by atoms with Crippen molar-refractivity contribution in [3.8, 4) is 5.75 Å². The van der Waals surface area contributed by atoms with Crippen LogP contribution in [0.5, 0.6) is 5.75 Å². The summed E-state index contributed by atoms with van der Waals surface area (Å²) in [7, 11) is 5.80. The van der Waals surface area contributed by atoms with Crippen molar-refractivity contribution in [2.75, 3.05) is 27.7 Å². The molecule has 0 spiro atoms. The van der Waals surface area contributed by atoms with Crippen LogP contribution in [0.4, 0.5) is 0 Å². The topological polar surface area (TPSA) is 32.7 Å². The van der Waals surface area contributed by atoms with E-state index in [1.165, 1.54) is 0 Å². The highest BCUT2D eigenvalue weighted by Crippen LogP contribution is 2.51. The fourth-order valence-electron chi connectivity index (χ4n) is 4.40. The molecule has 1 N–H and O–H groups in total. The fraction of sp³-hybridized carbons (Fsp3) is 0.455. The van der Waals surface area contributed by atoms with Crippen molar-refractivity contribution >= 4 is 24.0 Å². The highest BCUT2D eigenvalue weighted by Gasteiger charge is 2.48. The maximum absolute atomic E-state index is 12.1. The van der Waals surface area contributed by atoms with E-state index in [9.17, 15) is 5.11 Å². The van der Waals surface area contributed by atoms with Gasteiger partial charge in [0.2, 0.25) is 0 Å². The highest BCUT2D eigenvalue weighted by molar-refractivity contribution is 6.30. The Morgan fingerprint density at radius 1 is 1.15 bits per heavy atom. The lowest BCUT2D eigenvalue weighted by atomic mass is 9.63. The molecule has 3 nitrogen and oxygen atoms in total. The summed E-state index contributed by atoms with van der Waals surface area (Å²) in [6, 6.07) is 15.8. The summed E-state index contributed by atoms with van der Waals surface area (Å²) in [6.07, 6.45) is 3.07. The molecule has 0 bridgehead atoms. The zero-order valence-corrected chi connectivity index (χ0v) is 17.8. The Kier molecular flexibility index (Phi) is 7.58. The fourth-order valence-corrected chi connectivity index (χ4v) is 4.59. The number of methoxy groups -OCH3 is 1. The van der Waals surface area contributed by atoms with Crippen LogP contribution in [-0.4, -0.2) is 37.8 Å². The maximum Gasteiger partial charge on any atom is 0.118 e. The number of hydrogen-bond acceptors (Lipinski definition) is 3. The summed E-state index contributed by atoms with van der Waals surface area (Å²) in [5.41, 5.74) is 1.12. The van der Waals surface area contributed by atoms with Gasteiger partial charge in [-0.05, 0) is 62.3 Å². The van der Waals surface area contributed by atoms with Crippen LogP contribution in [-0.2, 0) is 5.60 Å². The van der Waals surface area contributed by atoms with Gasteiger partial charge in [-0.25, -0.2) is 0 Å². The Morgan fingerprint density at radius 2 is 1.85 bits per heavy atom. The van der Waals surface area contributed by atoms with E-state index in [1.54, 1.807) is 7.11 Å². The molecule has 1 saturated carbocycles. The van der Waals surface area contributed by atoms with E-state index in [0.717, 1.165) is 42.7 Å². The van der Waals surface area contributed by atoms with Gasteiger partial charge in [0.15, 0.2) is 0 Å². The second-order valence-electron chi connectivity index (χ2n) is 7.55. The second-order valence-corrected chi connectivity index (χ2v) is 7.99. The maximum atomic E-state index is 12.1. The molecule has 3 rings (SSSR count). The average molecular weight is 410 g/mol. The normalized spacial score (nSPS) is 25.1. The molecule has 0 aromatic heterocycles. The molecular weight excluding hydrogens is 381 g/mol. The highest BCUT2D eigenvalue weighted by atomic mass is 35.5. The van der Waals surface area contributed by atoms with Crippen LogP contribution in [0.1, 0.15) is 36.3 Å². The van der Waals surface area contributed by atoms with Gasteiger partial charge < -0.3 is 14.7 Å². The van der Waals surface area contributed by atoms with Crippen molar-refractivity contribution in [3.05, 3.63) is 64.7 Å². The van der Waals surface area contributed by atoms with Gasteiger partial charge in [-0.3, -0.25) is 0 Å². The van der Waals surface area contributed by atoms with Gasteiger partial charge in [-0.2, -0.15) is 0 Å². The first-order chi connectivity index (χ1) is 12.4. The van der Waals surface area contributed by atoms with Gasteiger partial charge in [0.05, 0.1) is 7.11 Å². The van der Waals surface area contributed by atoms with Crippen LogP contribution in [0.15, 0.2) is 48.5 Å². The average Bonchev–Trinajstić information content (AvgIpc) is 2.63. The summed E-state index contributed by atoms with van der Waals surface area (Å²) >= 11 is 6.27. The van der Waals surface area contributed by atoms with Gasteiger partial charge >= 0.3 is 0 Å². The van der Waals surface area contributed by atoms with E-state index < -0.39 is 5.60 Å². The molecule has 1 aliphatic carbocycles. The summed E-state index contributed by atoms with van der Waals surface area (Å²) < 4.78 is 5.30. The SMILES string of the molecule is COc1ccc(C2CCCC(CN(C)C)C2(O)c2cccc(Cl)c2)cc1.Cl. The molecule has 2 aromatic rings. The van der Waals surface area contributed by atoms with E-state index in [4.69, 9.17) is 16.3 Å². The first-order valence-corrected chi connectivity index (χ1v) is 9.60. The first kappa shape index (κ1) is 22.0. The Labute approximate surface area is 173 Å². The van der Waals surface area contributed by atoms with Crippen molar-refractivity contribution in [1.29, 1.82) is 0 Å². The molecule has 3 unspecified atom stereocenters. The molecule has 5 heteroatoms. The summed E-state index contributed by atoms with van der Waals surface area (Å²) in [5.74, 6) is 1.02. The molecule has 0 saturated heterocycles. The zero-order chi connectivity index (χ0) is 18.7. The molecule has 0 radical (unpaired) electrons. The minimum absolute atomic E-state index is 0. The van der Waals surface area contributed by atoms with Gasteiger partial charge in [0, 0.05) is 23.4 Å². The largest absolute Gasteiger partial charge is 0.497 e. The lowest BCUT2D eigenvalue weighted by Gasteiger charge is -2.47. The number of hydrogen-bond donors (Lipinski definition) is 1. The van der Waals surface area contributed by atoms with Crippen LogP contribution in [0.25, 0.3) is 0 Å². The number of ether oxygens (including phenoxy) is 1. The van der Waals surface area contributed by atoms with E-state index >= 15 is 0 Å². The molecule has 1 aliphatic rings. The quantitative estimate of drug-likeness (QED) is 0.744. The minimum Gasteiger partial charge on any atom is -0.497 e. The summed E-state index contributed by atoms with van der Waals surface area (Å²) in [4.78, 5) is 2.16. The van der Waals surface area contributed by atoms with Crippen LogP contribution in [0, 0.1) is 5.92 Å². The third kappa shape index (κ3) is 4.60. The molecule has 148 valence electrons. The van der Waals surface area contributed by atoms with Crippen LogP contribution in [0.2, 0.25) is 5.02 Å². The molecule has 0 amide bonds. The Balaban J connectivity index is 0.00000261. The van der Waals surface area contributed by atoms with Gasteiger partial charge in [-0.1, -0.05) is 42.3 Å². The van der Waals surface area contributed by atoms with E-state index in [2.05, 4.69) is 31.1 Å². The Bertz CT molecular complexity index is 735. The zero-order valence-electron chi connectivity index (χ0n) is 16.2. The first-order valence-electron chi connectivity index (χ1n) is 9.22. The van der Waals surface area contributed by atoms with Crippen molar-refractivity contribution in [3.63, 3.8) is 0 Å². The van der Waals surface area contributed by atoms with Gasteiger partial charge in [0.1, 0.15) is 11.4 Å². The molecule has 3 atom stereocenters. The van der Waals surface area contributed by atoms with E-state index in [0.29, 0.717) is 5.02 Å². The van der Waals surface area contributed by atoms with Crippen LogP contribution in [0.3, 0.4) is 0 Å². The molecule has 0 heterocycles. The molecule has 2 aromatic carbocycles. The third-order valence-corrected chi connectivity index (χ3v) is 5.82. The number of halogens is 2. The predicted molar refractivity (Wildman–Crippen MR) is 114 cm³/mol. The number of rotatable bonds is 5. The summed E-state index contributed by atoms with van der Waals surface area (Å²) in [6.45, 7) is 0.843. The van der Waals surface area contributed by atoms with E-state index in [1.807, 2.05) is 36.4 Å². The van der Waals surface area contributed by atoms with Gasteiger partial charge in [-0.15, -0.1) is 12.4 Å². The van der Waals surface area contributed by atoms with Gasteiger partial charge in [0.25, 0.3) is 0 Å². The smallest absolute Gasteiger partial charge is 0.118 e. The Hall–Kier alpha value is -1.26. The standard InChI is InChI=1S/C22H28ClNO2.ClH/c1-24(2)15-18-7-5-9-21(16-10-12-20(26-3)13-11-16)22(18,25)17-6-4-8-19(23)14-17;/h4,6,8,10-14,18,21,25H,5,7,9,15H2,1-3H3;1H. The molecule has 27 heavy (non-hydrogen) atoms. The molecule has 1 fully saturated rings. The van der Waals surface area contributed by atoms with Crippen LogP contribution >= 0.6 is 24.0 Å². The number of benzene rings is 2. The third-order valence-electron chi connectivity index (χ3n) is 5.59. The minimum atomic E-state index is -0.942.